The zero-order chi connectivity index (χ0) is 21.5. The van der Waals surface area contributed by atoms with Gasteiger partial charge < -0.3 is 24.9 Å². The van der Waals surface area contributed by atoms with Gasteiger partial charge in [-0.3, -0.25) is 0 Å². The van der Waals surface area contributed by atoms with Crippen molar-refractivity contribution in [3.05, 3.63) is 40.7 Å². The number of carboxylic acids is 1. The van der Waals surface area contributed by atoms with E-state index in [-0.39, 0.29) is 5.54 Å². The minimum Gasteiger partial charge on any atom is -0.475 e. The zero-order valence-electron chi connectivity index (χ0n) is 15.6. The molecule has 1 aromatic carbocycles. The number of alkyl halides is 3. The molecule has 160 valence electrons. The largest absolute Gasteiger partial charge is 0.490 e. The van der Waals surface area contributed by atoms with Gasteiger partial charge in [0.1, 0.15) is 6.26 Å². The smallest absolute Gasteiger partial charge is 0.475 e. The Morgan fingerprint density at radius 1 is 1.41 bits per heavy atom. The Morgan fingerprint density at radius 3 is 2.59 bits per heavy atom. The first-order valence-corrected chi connectivity index (χ1v) is 9.40. The Balaban J connectivity index is 0.000000370. The lowest BCUT2D eigenvalue weighted by molar-refractivity contribution is -0.192. The van der Waals surface area contributed by atoms with Gasteiger partial charge in [0.25, 0.3) is 0 Å². The van der Waals surface area contributed by atoms with Crippen molar-refractivity contribution in [2.75, 3.05) is 26.8 Å². The summed E-state index contributed by atoms with van der Waals surface area (Å²) in [5.41, 5.74) is 1.87. The summed E-state index contributed by atoms with van der Waals surface area (Å²) in [6.07, 6.45) is -2.31. The second-order valence-electron chi connectivity index (χ2n) is 6.45. The van der Waals surface area contributed by atoms with Crippen molar-refractivity contribution in [2.45, 2.75) is 24.7 Å². The zero-order valence-corrected chi connectivity index (χ0v) is 17.1. The van der Waals surface area contributed by atoms with Crippen LogP contribution in [0.4, 0.5) is 13.2 Å². The number of oxazole rings is 1. The van der Waals surface area contributed by atoms with E-state index in [1.807, 2.05) is 24.3 Å². The molecule has 29 heavy (non-hydrogen) atoms. The first-order chi connectivity index (χ1) is 13.6. The third kappa shape index (κ3) is 7.11. The molecule has 0 aliphatic carbocycles. The maximum Gasteiger partial charge on any atom is 0.490 e. The number of aromatic nitrogens is 1. The Morgan fingerprint density at radius 2 is 2.07 bits per heavy atom. The van der Waals surface area contributed by atoms with Gasteiger partial charge in [0.05, 0.1) is 17.8 Å². The van der Waals surface area contributed by atoms with Gasteiger partial charge in [-0.2, -0.15) is 13.2 Å². The van der Waals surface area contributed by atoms with Crippen LogP contribution in [0.5, 0.6) is 0 Å². The molecule has 2 heterocycles. The van der Waals surface area contributed by atoms with Crippen molar-refractivity contribution >= 4 is 21.9 Å². The number of methoxy groups -OCH3 is 1. The number of nitrogens with one attached hydrogen (secondary N) is 2. The maximum atomic E-state index is 10.6. The Hall–Kier alpha value is -1.95. The van der Waals surface area contributed by atoms with Crippen LogP contribution in [0.15, 0.2) is 39.4 Å². The lowest BCUT2D eigenvalue weighted by Crippen LogP contribution is -2.50. The molecule has 2 aromatic rings. The minimum atomic E-state index is -5.08. The molecule has 0 saturated carbocycles. The molecule has 1 fully saturated rings. The van der Waals surface area contributed by atoms with E-state index in [2.05, 4.69) is 31.5 Å². The summed E-state index contributed by atoms with van der Waals surface area (Å²) in [6, 6.07) is 7.94. The molecule has 0 amide bonds. The topological polar surface area (TPSA) is 96.6 Å². The highest BCUT2D eigenvalue weighted by Crippen LogP contribution is 2.22. The molecule has 1 aliphatic rings. The summed E-state index contributed by atoms with van der Waals surface area (Å²) in [6.45, 7) is 3.29. The van der Waals surface area contributed by atoms with E-state index in [0.717, 1.165) is 35.2 Å². The second kappa shape index (κ2) is 10.2. The highest BCUT2D eigenvalue weighted by Gasteiger charge is 2.38. The number of hydrogen-bond acceptors (Lipinski definition) is 6. The molecule has 1 saturated heterocycles. The van der Waals surface area contributed by atoms with E-state index in [4.69, 9.17) is 19.1 Å². The molecular formula is C18H21BrF3N3O4. The third-order valence-electron chi connectivity index (χ3n) is 4.19. The van der Waals surface area contributed by atoms with Gasteiger partial charge in [-0.1, -0.05) is 15.9 Å². The predicted molar refractivity (Wildman–Crippen MR) is 102 cm³/mol. The average molecular weight is 480 g/mol. The van der Waals surface area contributed by atoms with Gasteiger partial charge in [-0.05, 0) is 37.2 Å². The predicted octanol–water partition coefficient (Wildman–Crippen LogP) is 3.21. The molecule has 3 rings (SSSR count). The van der Waals surface area contributed by atoms with Gasteiger partial charge in [-0.25, -0.2) is 9.78 Å². The maximum absolute atomic E-state index is 10.6. The summed E-state index contributed by atoms with van der Waals surface area (Å²) < 4.78 is 43.7. The van der Waals surface area contributed by atoms with Crippen molar-refractivity contribution in [2.24, 2.45) is 0 Å². The van der Waals surface area contributed by atoms with Crippen molar-refractivity contribution in [3.8, 4) is 11.5 Å². The molecule has 0 radical (unpaired) electrons. The fraction of sp³-hybridized carbons (Fsp3) is 0.444. The van der Waals surface area contributed by atoms with Crippen LogP contribution in [0.25, 0.3) is 11.5 Å². The first-order valence-electron chi connectivity index (χ1n) is 8.60. The highest BCUT2D eigenvalue weighted by atomic mass is 79.9. The summed E-state index contributed by atoms with van der Waals surface area (Å²) in [5, 5.41) is 14.1. The molecule has 0 spiro atoms. The number of aliphatic carboxylic acids is 1. The molecule has 1 atom stereocenters. The molecule has 1 unspecified atom stereocenters. The second-order valence-corrected chi connectivity index (χ2v) is 7.36. The Bertz CT molecular complexity index is 790. The van der Waals surface area contributed by atoms with Gasteiger partial charge >= 0.3 is 12.1 Å². The molecule has 1 aromatic heterocycles. The Kier molecular flexibility index (Phi) is 8.20. The number of ether oxygens (including phenoxy) is 1. The summed E-state index contributed by atoms with van der Waals surface area (Å²) in [5.74, 6) is -2.11. The SMILES string of the molecule is COCC1(NCc2coc(-c3ccc(Br)cc3)n2)CCNC1.O=C(O)C(F)(F)F. The van der Waals surface area contributed by atoms with E-state index >= 15 is 0 Å². The Labute approximate surface area is 173 Å². The van der Waals surface area contributed by atoms with Gasteiger partial charge in [0.15, 0.2) is 0 Å². The molecule has 1 aliphatic heterocycles. The number of rotatable bonds is 6. The van der Waals surface area contributed by atoms with Crippen molar-refractivity contribution in [3.63, 3.8) is 0 Å². The first kappa shape index (κ1) is 23.3. The van der Waals surface area contributed by atoms with E-state index in [1.165, 1.54) is 0 Å². The summed E-state index contributed by atoms with van der Waals surface area (Å²) in [7, 11) is 1.74. The average Bonchev–Trinajstić information content (AvgIpc) is 3.31. The van der Waals surface area contributed by atoms with Gasteiger partial charge in [0, 0.05) is 30.2 Å². The number of halogens is 4. The number of carboxylic acid groups (broad SMARTS) is 1. The fourth-order valence-electron chi connectivity index (χ4n) is 2.74. The minimum absolute atomic E-state index is 0.00846. The van der Waals surface area contributed by atoms with Crippen LogP contribution in [-0.4, -0.2) is 54.6 Å². The lowest BCUT2D eigenvalue weighted by atomic mass is 10.00. The summed E-state index contributed by atoms with van der Waals surface area (Å²) >= 11 is 3.43. The van der Waals surface area contributed by atoms with Crippen LogP contribution < -0.4 is 10.6 Å². The lowest BCUT2D eigenvalue weighted by Gasteiger charge is -2.28. The quantitative estimate of drug-likeness (QED) is 0.585. The standard InChI is InChI=1S/C16H20BrN3O2.C2HF3O2/c1-21-11-16(6-7-18-10-16)19-8-14-9-22-15(20-14)12-2-4-13(17)5-3-12;3-2(4,5)1(6)7/h2-5,9,18-19H,6-8,10-11H2,1H3;(H,6,7). The van der Waals surface area contributed by atoms with Crippen LogP contribution in [0.2, 0.25) is 0 Å². The van der Waals surface area contributed by atoms with E-state index in [1.54, 1.807) is 13.4 Å². The van der Waals surface area contributed by atoms with E-state index in [0.29, 0.717) is 19.0 Å². The van der Waals surface area contributed by atoms with Gasteiger partial charge in [0.2, 0.25) is 5.89 Å². The van der Waals surface area contributed by atoms with E-state index in [9.17, 15) is 13.2 Å². The summed E-state index contributed by atoms with van der Waals surface area (Å²) in [4.78, 5) is 13.5. The third-order valence-corrected chi connectivity index (χ3v) is 4.72. The van der Waals surface area contributed by atoms with Crippen LogP contribution in [0.3, 0.4) is 0 Å². The number of carbonyl (C=O) groups is 1. The molecule has 11 heteroatoms. The van der Waals surface area contributed by atoms with Gasteiger partial charge in [-0.15, -0.1) is 0 Å². The fourth-order valence-corrected chi connectivity index (χ4v) is 3.00. The number of nitrogens with zero attached hydrogens (tertiary/aromatic N) is 1. The molecule has 0 bridgehead atoms. The monoisotopic (exact) mass is 479 g/mol. The van der Waals surface area contributed by atoms with Crippen LogP contribution >= 0.6 is 15.9 Å². The van der Waals surface area contributed by atoms with Crippen LogP contribution in [0, 0.1) is 0 Å². The van der Waals surface area contributed by atoms with E-state index < -0.39 is 12.1 Å². The number of benzene rings is 1. The van der Waals surface area contributed by atoms with Crippen LogP contribution in [0.1, 0.15) is 12.1 Å². The van der Waals surface area contributed by atoms with Crippen LogP contribution in [-0.2, 0) is 16.1 Å². The molecular weight excluding hydrogens is 459 g/mol. The molecule has 7 nitrogen and oxygen atoms in total. The highest BCUT2D eigenvalue weighted by molar-refractivity contribution is 9.10. The van der Waals surface area contributed by atoms with Crippen molar-refractivity contribution < 1.29 is 32.2 Å². The normalized spacial score (nSPS) is 18.9. The van der Waals surface area contributed by atoms with Crippen molar-refractivity contribution in [1.82, 2.24) is 15.6 Å². The number of hydrogen-bond donors (Lipinski definition) is 3. The van der Waals surface area contributed by atoms with Crippen molar-refractivity contribution in [1.29, 1.82) is 0 Å². The molecule has 3 N–H and O–H groups in total.